The number of benzene rings is 1. The fourth-order valence-corrected chi connectivity index (χ4v) is 3.46. The highest BCUT2D eigenvalue weighted by molar-refractivity contribution is 6.30. The maximum atomic E-state index is 12.3. The standard InChI is InChI=1S/C18H27ClN2O/c1-13-5-4-6-17(14(13)2)20-18(22)12-21(3)11-15-7-9-16(19)10-8-15/h7-10,13-14,17H,4-6,11-12H2,1-3H3,(H,20,22)/p+1/t13-,14-,17-/m1/s1. The van der Waals surface area contributed by atoms with E-state index in [0.717, 1.165) is 18.0 Å². The lowest BCUT2D eigenvalue weighted by molar-refractivity contribution is -0.885. The van der Waals surface area contributed by atoms with Gasteiger partial charge < -0.3 is 10.2 Å². The number of nitrogens with one attached hydrogen (secondary N) is 2. The van der Waals surface area contributed by atoms with Crippen LogP contribution in [0.2, 0.25) is 5.02 Å². The Labute approximate surface area is 139 Å². The molecule has 122 valence electrons. The van der Waals surface area contributed by atoms with Crippen molar-refractivity contribution in [3.8, 4) is 0 Å². The van der Waals surface area contributed by atoms with E-state index in [-0.39, 0.29) is 5.91 Å². The number of likely N-dealkylation sites (N-methyl/N-ethyl adjacent to an activating group) is 1. The number of carbonyl (C=O) groups is 1. The van der Waals surface area contributed by atoms with Gasteiger partial charge in [0.15, 0.2) is 6.54 Å². The Morgan fingerprint density at radius 3 is 2.64 bits per heavy atom. The summed E-state index contributed by atoms with van der Waals surface area (Å²) < 4.78 is 0. The highest BCUT2D eigenvalue weighted by atomic mass is 35.5. The number of amides is 1. The minimum Gasteiger partial charge on any atom is -0.348 e. The second kappa shape index (κ2) is 7.98. The van der Waals surface area contributed by atoms with Crippen molar-refractivity contribution >= 4 is 17.5 Å². The molecule has 1 fully saturated rings. The minimum atomic E-state index is 0.164. The molecule has 1 aliphatic carbocycles. The largest absolute Gasteiger partial charge is 0.348 e. The van der Waals surface area contributed by atoms with Crippen molar-refractivity contribution < 1.29 is 9.69 Å². The molecular weight excluding hydrogens is 296 g/mol. The molecular formula is C18H28ClN2O+. The maximum Gasteiger partial charge on any atom is 0.275 e. The van der Waals surface area contributed by atoms with Gasteiger partial charge in [0.2, 0.25) is 0 Å². The third-order valence-electron chi connectivity index (χ3n) is 4.93. The van der Waals surface area contributed by atoms with E-state index in [1.807, 2.05) is 24.3 Å². The van der Waals surface area contributed by atoms with E-state index in [2.05, 4.69) is 26.2 Å². The van der Waals surface area contributed by atoms with E-state index in [4.69, 9.17) is 11.6 Å². The van der Waals surface area contributed by atoms with Crippen molar-refractivity contribution in [1.29, 1.82) is 0 Å². The number of hydrogen-bond donors (Lipinski definition) is 2. The van der Waals surface area contributed by atoms with Gasteiger partial charge in [-0.15, -0.1) is 0 Å². The predicted octanol–water partition coefficient (Wildman–Crippen LogP) is 2.30. The molecule has 0 saturated heterocycles. The van der Waals surface area contributed by atoms with Crippen molar-refractivity contribution in [1.82, 2.24) is 5.32 Å². The Bertz CT molecular complexity index is 488. The van der Waals surface area contributed by atoms with Crippen LogP contribution in [0.1, 0.15) is 38.7 Å². The molecule has 0 aliphatic heterocycles. The Morgan fingerprint density at radius 2 is 1.95 bits per heavy atom. The van der Waals surface area contributed by atoms with Crippen molar-refractivity contribution in [2.45, 2.75) is 45.7 Å². The Hall–Kier alpha value is -1.06. The number of carbonyl (C=O) groups excluding carboxylic acids is 1. The van der Waals surface area contributed by atoms with Crippen molar-refractivity contribution in [2.75, 3.05) is 13.6 Å². The fraction of sp³-hybridized carbons (Fsp3) is 0.611. The van der Waals surface area contributed by atoms with Gasteiger partial charge >= 0.3 is 0 Å². The molecule has 22 heavy (non-hydrogen) atoms. The lowest BCUT2D eigenvalue weighted by Crippen LogP contribution is -3.09. The topological polar surface area (TPSA) is 33.5 Å². The zero-order chi connectivity index (χ0) is 16.1. The van der Waals surface area contributed by atoms with E-state index in [1.165, 1.54) is 23.3 Å². The third-order valence-corrected chi connectivity index (χ3v) is 5.19. The first-order chi connectivity index (χ1) is 10.5. The number of halogens is 1. The van der Waals surface area contributed by atoms with Crippen LogP contribution < -0.4 is 10.2 Å². The van der Waals surface area contributed by atoms with E-state index >= 15 is 0 Å². The van der Waals surface area contributed by atoms with Crippen LogP contribution in [0.3, 0.4) is 0 Å². The summed E-state index contributed by atoms with van der Waals surface area (Å²) in [5.74, 6) is 1.45. The normalized spacial score (nSPS) is 26.5. The van der Waals surface area contributed by atoms with Crippen LogP contribution in [-0.4, -0.2) is 25.5 Å². The van der Waals surface area contributed by atoms with Gasteiger partial charge in [-0.2, -0.15) is 0 Å². The lowest BCUT2D eigenvalue weighted by atomic mass is 9.78. The second-order valence-electron chi connectivity index (χ2n) is 6.88. The van der Waals surface area contributed by atoms with Gasteiger partial charge in [-0.05, 0) is 30.4 Å². The second-order valence-corrected chi connectivity index (χ2v) is 7.31. The van der Waals surface area contributed by atoms with E-state index in [9.17, 15) is 4.79 Å². The molecule has 3 nitrogen and oxygen atoms in total. The van der Waals surface area contributed by atoms with Gasteiger partial charge in [0.25, 0.3) is 5.91 Å². The lowest BCUT2D eigenvalue weighted by Gasteiger charge is -2.34. The van der Waals surface area contributed by atoms with Gasteiger partial charge in [-0.25, -0.2) is 0 Å². The first kappa shape index (κ1) is 17.3. The maximum absolute atomic E-state index is 12.3. The van der Waals surface area contributed by atoms with Gasteiger partial charge in [-0.3, -0.25) is 4.79 Å². The molecule has 1 amide bonds. The smallest absolute Gasteiger partial charge is 0.275 e. The van der Waals surface area contributed by atoms with E-state index in [1.54, 1.807) is 0 Å². The molecule has 4 atom stereocenters. The zero-order valence-electron chi connectivity index (χ0n) is 13.9. The molecule has 1 saturated carbocycles. The molecule has 1 aromatic carbocycles. The summed E-state index contributed by atoms with van der Waals surface area (Å²) in [5.41, 5.74) is 1.20. The Kier molecular flexibility index (Phi) is 6.27. The Morgan fingerprint density at radius 1 is 1.27 bits per heavy atom. The molecule has 1 unspecified atom stereocenters. The summed E-state index contributed by atoms with van der Waals surface area (Å²) in [6, 6.07) is 8.19. The average Bonchev–Trinajstić information content (AvgIpc) is 2.46. The number of quaternary nitrogens is 1. The molecule has 1 aliphatic rings. The molecule has 4 heteroatoms. The van der Waals surface area contributed by atoms with Crippen LogP contribution in [0, 0.1) is 11.8 Å². The molecule has 0 radical (unpaired) electrons. The summed E-state index contributed by atoms with van der Waals surface area (Å²) in [6.07, 6.45) is 3.63. The molecule has 0 heterocycles. The van der Waals surface area contributed by atoms with Gasteiger partial charge in [-0.1, -0.05) is 50.4 Å². The van der Waals surface area contributed by atoms with Crippen molar-refractivity contribution in [3.63, 3.8) is 0 Å². The summed E-state index contributed by atoms with van der Waals surface area (Å²) in [6.45, 7) is 5.90. The average molecular weight is 324 g/mol. The van der Waals surface area contributed by atoms with E-state index < -0.39 is 0 Å². The summed E-state index contributed by atoms with van der Waals surface area (Å²) in [4.78, 5) is 13.5. The van der Waals surface area contributed by atoms with Crippen LogP contribution >= 0.6 is 11.6 Å². The molecule has 0 bridgehead atoms. The number of hydrogen-bond acceptors (Lipinski definition) is 1. The molecule has 2 rings (SSSR count). The minimum absolute atomic E-state index is 0.164. The molecule has 2 N–H and O–H groups in total. The fourth-order valence-electron chi connectivity index (χ4n) is 3.33. The number of rotatable bonds is 5. The third kappa shape index (κ3) is 4.99. The van der Waals surface area contributed by atoms with Crippen LogP contribution in [0.25, 0.3) is 0 Å². The van der Waals surface area contributed by atoms with Crippen molar-refractivity contribution in [2.24, 2.45) is 11.8 Å². The predicted molar refractivity (Wildman–Crippen MR) is 91.0 cm³/mol. The summed E-state index contributed by atoms with van der Waals surface area (Å²) in [7, 11) is 2.06. The van der Waals surface area contributed by atoms with E-state index in [0.29, 0.717) is 24.4 Å². The van der Waals surface area contributed by atoms with Crippen LogP contribution in [0.15, 0.2) is 24.3 Å². The van der Waals surface area contributed by atoms with Crippen molar-refractivity contribution in [3.05, 3.63) is 34.9 Å². The van der Waals surface area contributed by atoms with Gasteiger partial charge in [0.1, 0.15) is 6.54 Å². The summed E-state index contributed by atoms with van der Waals surface area (Å²) in [5, 5.41) is 3.99. The summed E-state index contributed by atoms with van der Waals surface area (Å²) >= 11 is 5.90. The molecule has 0 spiro atoms. The van der Waals surface area contributed by atoms with Gasteiger partial charge in [0.05, 0.1) is 7.05 Å². The monoisotopic (exact) mass is 323 g/mol. The van der Waals surface area contributed by atoms with Crippen LogP contribution in [0.4, 0.5) is 0 Å². The highest BCUT2D eigenvalue weighted by Crippen LogP contribution is 2.29. The van der Waals surface area contributed by atoms with Gasteiger partial charge in [0, 0.05) is 16.6 Å². The SMILES string of the molecule is C[C@@H]1[C@H](C)CCC[C@H]1NC(=O)C[NH+](C)Cc1ccc(Cl)cc1. The molecule has 0 aromatic heterocycles. The van der Waals surface area contributed by atoms with Crippen LogP contribution in [0.5, 0.6) is 0 Å². The zero-order valence-corrected chi connectivity index (χ0v) is 14.6. The highest BCUT2D eigenvalue weighted by Gasteiger charge is 2.28. The first-order valence-corrected chi connectivity index (χ1v) is 8.68. The first-order valence-electron chi connectivity index (χ1n) is 8.31. The van der Waals surface area contributed by atoms with Crippen LogP contribution in [-0.2, 0) is 11.3 Å². The quantitative estimate of drug-likeness (QED) is 0.856. The molecule has 1 aromatic rings. The Balaban J connectivity index is 1.79.